The number of amides is 1. The first-order valence-corrected chi connectivity index (χ1v) is 5.67. The number of aromatic nitrogens is 1. The molecule has 3 N–H and O–H groups in total. The topological polar surface area (TPSA) is 81.2 Å². The molecule has 0 spiro atoms. The molecule has 5 heteroatoms. The van der Waals surface area contributed by atoms with Crippen LogP contribution in [-0.4, -0.2) is 16.6 Å². The predicted octanol–water partition coefficient (Wildman–Crippen LogP) is 0.952. The lowest BCUT2D eigenvalue weighted by Crippen LogP contribution is -2.54. The molecule has 0 bridgehead atoms. The van der Waals surface area contributed by atoms with Crippen molar-refractivity contribution in [2.45, 2.75) is 44.2 Å². The van der Waals surface area contributed by atoms with Crippen LogP contribution in [0.4, 0.5) is 0 Å². The molecule has 1 aliphatic rings. The summed E-state index contributed by atoms with van der Waals surface area (Å²) in [5.41, 5.74) is 6.12. The minimum Gasteiger partial charge on any atom is -0.364 e. The van der Waals surface area contributed by atoms with Gasteiger partial charge in [0.05, 0.1) is 12.1 Å². The molecule has 2 rings (SSSR count). The monoisotopic (exact) mass is 223 g/mol. The van der Waals surface area contributed by atoms with Crippen LogP contribution in [0.3, 0.4) is 0 Å². The maximum Gasteiger partial charge on any atom is 0.240 e. The van der Waals surface area contributed by atoms with Crippen LogP contribution in [0.15, 0.2) is 16.9 Å². The van der Waals surface area contributed by atoms with Gasteiger partial charge in [-0.1, -0.05) is 24.4 Å². The standard InChI is InChI=1S/C11H17N3O2/c12-11(5-2-1-3-6-11)10(15)13-8-9-4-7-16-14-9/h4,7H,1-3,5-6,8,12H2,(H,13,15). The van der Waals surface area contributed by atoms with Gasteiger partial charge in [0.1, 0.15) is 12.0 Å². The van der Waals surface area contributed by atoms with Gasteiger partial charge in [0.15, 0.2) is 0 Å². The Morgan fingerprint density at radius 2 is 2.25 bits per heavy atom. The predicted molar refractivity (Wildman–Crippen MR) is 58.4 cm³/mol. The highest BCUT2D eigenvalue weighted by Crippen LogP contribution is 2.25. The van der Waals surface area contributed by atoms with Gasteiger partial charge >= 0.3 is 0 Å². The Hall–Kier alpha value is -1.36. The molecule has 16 heavy (non-hydrogen) atoms. The zero-order valence-electron chi connectivity index (χ0n) is 9.24. The van der Waals surface area contributed by atoms with E-state index in [9.17, 15) is 4.79 Å². The molecule has 1 amide bonds. The van der Waals surface area contributed by atoms with E-state index in [1.54, 1.807) is 6.07 Å². The van der Waals surface area contributed by atoms with Gasteiger partial charge in [-0.3, -0.25) is 4.79 Å². The fourth-order valence-corrected chi connectivity index (χ4v) is 2.09. The number of carbonyl (C=O) groups excluding carboxylic acids is 1. The van der Waals surface area contributed by atoms with Crippen LogP contribution in [-0.2, 0) is 11.3 Å². The van der Waals surface area contributed by atoms with E-state index in [1.165, 1.54) is 12.7 Å². The van der Waals surface area contributed by atoms with E-state index in [4.69, 9.17) is 5.73 Å². The van der Waals surface area contributed by atoms with Crippen LogP contribution >= 0.6 is 0 Å². The van der Waals surface area contributed by atoms with Crippen LogP contribution in [0.25, 0.3) is 0 Å². The van der Waals surface area contributed by atoms with Gasteiger partial charge in [-0.2, -0.15) is 0 Å². The van der Waals surface area contributed by atoms with Gasteiger partial charge in [-0.25, -0.2) is 0 Å². The van der Waals surface area contributed by atoms with Crippen molar-refractivity contribution in [1.29, 1.82) is 0 Å². The molecule has 0 aromatic carbocycles. The lowest BCUT2D eigenvalue weighted by Gasteiger charge is -2.31. The van der Waals surface area contributed by atoms with Crippen LogP contribution in [0.2, 0.25) is 0 Å². The Balaban J connectivity index is 1.87. The second-order valence-electron chi connectivity index (χ2n) is 4.39. The second-order valence-corrected chi connectivity index (χ2v) is 4.39. The van der Waals surface area contributed by atoms with E-state index in [1.807, 2.05) is 0 Å². The number of nitrogens with zero attached hydrogens (tertiary/aromatic N) is 1. The normalized spacial score (nSPS) is 19.3. The molecule has 1 fully saturated rings. The summed E-state index contributed by atoms with van der Waals surface area (Å²) in [5, 5.41) is 6.53. The zero-order chi connectivity index (χ0) is 11.4. The van der Waals surface area contributed by atoms with E-state index in [2.05, 4.69) is 15.0 Å². The highest BCUT2D eigenvalue weighted by molar-refractivity contribution is 5.86. The Kier molecular flexibility index (Phi) is 3.24. The fraction of sp³-hybridized carbons (Fsp3) is 0.636. The van der Waals surface area contributed by atoms with Crippen molar-refractivity contribution in [3.63, 3.8) is 0 Å². The van der Waals surface area contributed by atoms with Crippen molar-refractivity contribution in [2.75, 3.05) is 0 Å². The van der Waals surface area contributed by atoms with E-state index in [0.29, 0.717) is 12.2 Å². The summed E-state index contributed by atoms with van der Waals surface area (Å²) in [7, 11) is 0. The molecule has 1 saturated carbocycles. The third-order valence-corrected chi connectivity index (χ3v) is 3.12. The fourth-order valence-electron chi connectivity index (χ4n) is 2.09. The number of hydrogen-bond acceptors (Lipinski definition) is 4. The SMILES string of the molecule is NC1(C(=O)NCc2ccon2)CCCCC1. The van der Waals surface area contributed by atoms with Crippen LogP contribution in [0, 0.1) is 0 Å². The van der Waals surface area contributed by atoms with Crippen molar-refractivity contribution in [3.05, 3.63) is 18.0 Å². The van der Waals surface area contributed by atoms with Crippen LogP contribution in [0.1, 0.15) is 37.8 Å². The Morgan fingerprint density at radius 3 is 2.88 bits per heavy atom. The molecule has 1 aliphatic carbocycles. The average Bonchev–Trinajstić information content (AvgIpc) is 2.79. The quantitative estimate of drug-likeness (QED) is 0.799. The van der Waals surface area contributed by atoms with E-state index in [-0.39, 0.29) is 5.91 Å². The highest BCUT2D eigenvalue weighted by atomic mass is 16.5. The Labute approximate surface area is 94.4 Å². The third-order valence-electron chi connectivity index (χ3n) is 3.12. The Morgan fingerprint density at radius 1 is 1.50 bits per heavy atom. The molecule has 0 aliphatic heterocycles. The van der Waals surface area contributed by atoms with Crippen LogP contribution < -0.4 is 11.1 Å². The van der Waals surface area contributed by atoms with Gasteiger partial charge in [0.2, 0.25) is 5.91 Å². The number of carbonyl (C=O) groups is 1. The lowest BCUT2D eigenvalue weighted by molar-refractivity contribution is -0.127. The summed E-state index contributed by atoms with van der Waals surface area (Å²) < 4.78 is 4.68. The smallest absolute Gasteiger partial charge is 0.240 e. The molecule has 0 atom stereocenters. The molecule has 0 saturated heterocycles. The van der Waals surface area contributed by atoms with Crippen molar-refractivity contribution < 1.29 is 9.32 Å². The molecule has 5 nitrogen and oxygen atoms in total. The van der Waals surface area contributed by atoms with Gasteiger partial charge in [-0.15, -0.1) is 0 Å². The molecule has 1 heterocycles. The van der Waals surface area contributed by atoms with Crippen molar-refractivity contribution >= 4 is 5.91 Å². The van der Waals surface area contributed by atoms with Gasteiger partial charge in [0, 0.05) is 6.07 Å². The number of nitrogens with two attached hydrogens (primary N) is 1. The third kappa shape index (κ3) is 2.41. The summed E-state index contributed by atoms with van der Waals surface area (Å²) in [4.78, 5) is 11.9. The maximum atomic E-state index is 11.9. The Bertz CT molecular complexity index is 342. The molecule has 0 unspecified atom stereocenters. The summed E-state index contributed by atoms with van der Waals surface area (Å²) in [6, 6.07) is 1.73. The number of rotatable bonds is 3. The largest absolute Gasteiger partial charge is 0.364 e. The number of hydrogen-bond donors (Lipinski definition) is 2. The minimum atomic E-state index is -0.679. The molecular weight excluding hydrogens is 206 g/mol. The lowest BCUT2D eigenvalue weighted by atomic mass is 9.82. The van der Waals surface area contributed by atoms with Crippen molar-refractivity contribution in [3.8, 4) is 0 Å². The average molecular weight is 223 g/mol. The summed E-state index contributed by atoms with van der Waals surface area (Å²) >= 11 is 0. The summed E-state index contributed by atoms with van der Waals surface area (Å²) in [6.07, 6.45) is 6.28. The number of nitrogens with one attached hydrogen (secondary N) is 1. The van der Waals surface area contributed by atoms with E-state index >= 15 is 0 Å². The van der Waals surface area contributed by atoms with Gasteiger partial charge < -0.3 is 15.6 Å². The highest BCUT2D eigenvalue weighted by Gasteiger charge is 2.34. The van der Waals surface area contributed by atoms with E-state index < -0.39 is 5.54 Å². The van der Waals surface area contributed by atoms with Gasteiger partial charge in [0.25, 0.3) is 0 Å². The molecular formula is C11H17N3O2. The minimum absolute atomic E-state index is 0.0739. The maximum absolute atomic E-state index is 11.9. The summed E-state index contributed by atoms with van der Waals surface area (Å²) in [5.74, 6) is -0.0739. The first-order valence-electron chi connectivity index (χ1n) is 5.67. The van der Waals surface area contributed by atoms with Crippen LogP contribution in [0.5, 0.6) is 0 Å². The van der Waals surface area contributed by atoms with E-state index in [0.717, 1.165) is 25.7 Å². The van der Waals surface area contributed by atoms with Crippen molar-refractivity contribution in [1.82, 2.24) is 10.5 Å². The molecule has 1 aromatic rings. The zero-order valence-corrected chi connectivity index (χ0v) is 9.24. The summed E-state index contributed by atoms with van der Waals surface area (Å²) in [6.45, 7) is 0.383. The molecule has 1 aromatic heterocycles. The molecule has 88 valence electrons. The molecule has 0 radical (unpaired) electrons. The van der Waals surface area contributed by atoms with Crippen molar-refractivity contribution in [2.24, 2.45) is 5.73 Å². The first kappa shape index (κ1) is 11.1. The second kappa shape index (κ2) is 4.65. The van der Waals surface area contributed by atoms with Gasteiger partial charge in [-0.05, 0) is 12.8 Å². The first-order chi connectivity index (χ1) is 7.71.